The van der Waals surface area contributed by atoms with Crippen LogP contribution in [0.2, 0.25) is 39.3 Å². The molecule has 0 saturated heterocycles. The third-order valence-electron chi connectivity index (χ3n) is 0.909. The minimum absolute atomic E-state index is 1.61. The Morgan fingerprint density at radius 3 is 1.25 bits per heavy atom. The second-order valence-corrected chi connectivity index (χ2v) is 15.7. The van der Waals surface area contributed by atoms with E-state index in [0.29, 0.717) is 0 Å². The molecule has 0 bridgehead atoms. The van der Waals surface area contributed by atoms with Gasteiger partial charge in [-0.05, 0) is 39.3 Å². The summed E-state index contributed by atoms with van der Waals surface area (Å²) in [7, 11) is -5.55. The fraction of sp³-hybridized carbons (Fsp3) is 1.00. The van der Waals surface area contributed by atoms with Crippen LogP contribution in [0.5, 0.6) is 0 Å². The molecule has 74 valence electrons. The lowest BCUT2D eigenvalue weighted by Gasteiger charge is -2.26. The van der Waals surface area contributed by atoms with Gasteiger partial charge in [0.1, 0.15) is 0 Å². The topological polar surface area (TPSA) is 38.7 Å². The van der Waals surface area contributed by atoms with E-state index in [1.165, 1.54) is 0 Å². The van der Waals surface area contributed by atoms with Crippen LogP contribution in [-0.4, -0.2) is 31.0 Å². The lowest BCUT2D eigenvalue weighted by atomic mass is 11.8. The maximum Gasteiger partial charge on any atom is 0.460 e. The van der Waals surface area contributed by atoms with E-state index in [1.807, 2.05) is 0 Å². The van der Waals surface area contributed by atoms with Crippen molar-refractivity contribution in [2.75, 3.05) is 0 Å². The molecular formula is C6H20O3Si3. The smallest absolute Gasteiger partial charge is 0.419 e. The second-order valence-electron chi connectivity index (χ2n) is 4.77. The molecule has 12 heavy (non-hydrogen) atoms. The molecule has 0 aromatic rings. The highest BCUT2D eigenvalue weighted by atomic mass is 28.5. The summed E-state index contributed by atoms with van der Waals surface area (Å²) in [6.45, 7) is 12.3. The number of rotatable bonds is 4. The fourth-order valence-electron chi connectivity index (χ4n) is 0.629. The molecule has 0 spiro atoms. The van der Waals surface area contributed by atoms with E-state index >= 15 is 0 Å². The predicted molar refractivity (Wildman–Crippen MR) is 58.2 cm³/mol. The molecule has 0 aliphatic carbocycles. The molecule has 6 heteroatoms. The molecule has 0 aliphatic heterocycles. The summed E-state index contributed by atoms with van der Waals surface area (Å²) in [6, 6.07) is 0. The zero-order chi connectivity index (χ0) is 9.99. The van der Waals surface area contributed by atoms with Crippen LogP contribution in [0.25, 0.3) is 0 Å². The molecule has 3 nitrogen and oxygen atoms in total. The van der Waals surface area contributed by atoms with E-state index in [-0.39, 0.29) is 0 Å². The van der Waals surface area contributed by atoms with Crippen molar-refractivity contribution in [3.05, 3.63) is 0 Å². The molecule has 0 saturated carbocycles. The van der Waals surface area contributed by atoms with Crippen LogP contribution in [0.15, 0.2) is 0 Å². The van der Waals surface area contributed by atoms with Gasteiger partial charge in [0.25, 0.3) is 0 Å². The summed E-state index contributed by atoms with van der Waals surface area (Å²) in [5, 5.41) is 0. The van der Waals surface area contributed by atoms with Gasteiger partial charge in [0.15, 0.2) is 16.6 Å². The first-order valence-electron chi connectivity index (χ1n) is 4.14. The molecule has 0 aromatic carbocycles. The summed E-state index contributed by atoms with van der Waals surface area (Å²) in [5.41, 5.74) is 0. The summed E-state index contributed by atoms with van der Waals surface area (Å²) in [6.07, 6.45) is 0. The Balaban J connectivity index is 3.83. The predicted octanol–water partition coefficient (Wildman–Crippen LogP) is 1.40. The normalized spacial score (nSPS) is 14.0. The molecule has 0 heterocycles. The van der Waals surface area contributed by atoms with Crippen molar-refractivity contribution in [3.63, 3.8) is 0 Å². The Hall–Kier alpha value is 0.531. The van der Waals surface area contributed by atoms with Gasteiger partial charge >= 0.3 is 9.53 Å². The highest BCUT2D eigenvalue weighted by molar-refractivity contribution is 6.79. The van der Waals surface area contributed by atoms with Gasteiger partial charge in [-0.1, -0.05) is 0 Å². The van der Waals surface area contributed by atoms with Crippen molar-refractivity contribution in [2.45, 2.75) is 39.3 Å². The highest BCUT2D eigenvalue weighted by Crippen LogP contribution is 2.09. The molecule has 0 unspecified atom stereocenters. The standard InChI is InChI=1S/C6H20O3Si3/c1-11(2,3)8-10(7)9-12(4,5)6/h7,10H,1-6H3. The zero-order valence-corrected chi connectivity index (χ0v) is 12.0. The first-order valence-corrected chi connectivity index (χ1v) is 12.4. The molecule has 0 atom stereocenters. The van der Waals surface area contributed by atoms with Gasteiger partial charge in [-0.15, -0.1) is 0 Å². The van der Waals surface area contributed by atoms with Gasteiger partial charge in [-0.25, -0.2) is 0 Å². The maximum atomic E-state index is 9.48. The molecule has 0 fully saturated rings. The van der Waals surface area contributed by atoms with Crippen molar-refractivity contribution in [1.82, 2.24) is 0 Å². The third-order valence-corrected chi connectivity index (χ3v) is 8.18. The van der Waals surface area contributed by atoms with E-state index < -0.39 is 26.2 Å². The Labute approximate surface area is 78.9 Å². The van der Waals surface area contributed by atoms with Crippen LogP contribution >= 0.6 is 0 Å². The molecule has 0 aromatic heterocycles. The van der Waals surface area contributed by atoms with Crippen LogP contribution in [0.3, 0.4) is 0 Å². The third kappa shape index (κ3) is 8.63. The van der Waals surface area contributed by atoms with Crippen LogP contribution in [0, 0.1) is 0 Å². The Bertz CT molecular complexity index is 122. The van der Waals surface area contributed by atoms with Gasteiger partial charge in [0, 0.05) is 0 Å². The van der Waals surface area contributed by atoms with Crippen molar-refractivity contribution < 1.29 is 13.0 Å². The fourth-order valence-corrected chi connectivity index (χ4v) is 6.09. The Morgan fingerprint density at radius 2 is 1.08 bits per heavy atom. The van der Waals surface area contributed by atoms with Crippen LogP contribution < -0.4 is 0 Å². The number of hydrogen-bond donors (Lipinski definition) is 1. The van der Waals surface area contributed by atoms with E-state index in [9.17, 15) is 4.80 Å². The van der Waals surface area contributed by atoms with E-state index in [2.05, 4.69) is 39.3 Å². The SMILES string of the molecule is C[Si](C)(C)O[SiH](O)O[Si](C)(C)C. The van der Waals surface area contributed by atoms with Crippen LogP contribution in [0.4, 0.5) is 0 Å². The second kappa shape index (κ2) is 4.16. The lowest BCUT2D eigenvalue weighted by molar-refractivity contribution is 0.293. The average Bonchev–Trinajstić information content (AvgIpc) is 1.49. The van der Waals surface area contributed by atoms with Crippen molar-refractivity contribution in [1.29, 1.82) is 0 Å². The highest BCUT2D eigenvalue weighted by Gasteiger charge is 2.27. The largest absolute Gasteiger partial charge is 0.460 e. The summed E-state index contributed by atoms with van der Waals surface area (Å²) < 4.78 is 10.9. The van der Waals surface area contributed by atoms with Gasteiger partial charge in [0.05, 0.1) is 0 Å². The average molecular weight is 224 g/mol. The van der Waals surface area contributed by atoms with Gasteiger partial charge in [-0.2, -0.15) is 0 Å². The number of hydrogen-bond acceptors (Lipinski definition) is 3. The first-order chi connectivity index (χ1) is 5.10. The quantitative estimate of drug-likeness (QED) is 0.734. The molecule has 0 aliphatic rings. The van der Waals surface area contributed by atoms with E-state index in [1.54, 1.807) is 0 Å². The summed E-state index contributed by atoms with van der Waals surface area (Å²) in [5.74, 6) is 0. The zero-order valence-electron chi connectivity index (χ0n) is 8.84. The molecular weight excluding hydrogens is 204 g/mol. The minimum Gasteiger partial charge on any atom is -0.419 e. The first kappa shape index (κ1) is 12.5. The van der Waals surface area contributed by atoms with Crippen LogP contribution in [0.1, 0.15) is 0 Å². The molecule has 1 N–H and O–H groups in total. The summed E-state index contributed by atoms with van der Waals surface area (Å²) >= 11 is 0. The Kier molecular flexibility index (Phi) is 4.34. The van der Waals surface area contributed by atoms with Crippen molar-refractivity contribution in [3.8, 4) is 0 Å². The monoisotopic (exact) mass is 224 g/mol. The minimum atomic E-state index is -2.33. The van der Waals surface area contributed by atoms with Gasteiger partial charge in [0.2, 0.25) is 0 Å². The lowest BCUT2D eigenvalue weighted by Crippen LogP contribution is -2.43. The van der Waals surface area contributed by atoms with E-state index in [0.717, 1.165) is 0 Å². The van der Waals surface area contributed by atoms with Crippen molar-refractivity contribution >= 4 is 26.2 Å². The van der Waals surface area contributed by atoms with E-state index in [4.69, 9.17) is 8.23 Å². The Morgan fingerprint density at radius 1 is 0.833 bits per heavy atom. The molecule has 0 rings (SSSR count). The van der Waals surface area contributed by atoms with Crippen LogP contribution in [-0.2, 0) is 8.23 Å². The van der Waals surface area contributed by atoms with Crippen molar-refractivity contribution in [2.24, 2.45) is 0 Å². The van der Waals surface area contributed by atoms with Gasteiger partial charge in [-0.3, -0.25) is 0 Å². The molecule has 0 radical (unpaired) electrons. The van der Waals surface area contributed by atoms with Gasteiger partial charge < -0.3 is 13.0 Å². The summed E-state index contributed by atoms with van der Waals surface area (Å²) in [4.78, 5) is 9.48. The molecule has 0 amide bonds. The maximum absolute atomic E-state index is 9.48.